The zero-order valence-corrected chi connectivity index (χ0v) is 16.1. The molecule has 2 aromatic carbocycles. The van der Waals surface area contributed by atoms with E-state index in [4.69, 9.17) is 0 Å². The molecule has 7 heteroatoms. The molecule has 6 nitrogen and oxygen atoms in total. The molecule has 0 saturated carbocycles. The van der Waals surface area contributed by atoms with Crippen molar-refractivity contribution in [2.45, 2.75) is 36.0 Å². The van der Waals surface area contributed by atoms with E-state index in [0.717, 1.165) is 34.8 Å². The normalized spacial score (nSPS) is 18.6. The molecule has 2 aliphatic rings. The number of amides is 3. The Bertz CT molecular complexity index is 913. The fourth-order valence-electron chi connectivity index (χ4n) is 3.38. The lowest BCUT2D eigenvalue weighted by Gasteiger charge is -2.23. The summed E-state index contributed by atoms with van der Waals surface area (Å²) < 4.78 is 0. The van der Waals surface area contributed by atoms with Gasteiger partial charge in [0.15, 0.2) is 0 Å². The number of thioether (sulfide) groups is 1. The van der Waals surface area contributed by atoms with Crippen LogP contribution in [0, 0.1) is 0 Å². The molecule has 28 heavy (non-hydrogen) atoms. The van der Waals surface area contributed by atoms with Gasteiger partial charge < -0.3 is 15.5 Å². The number of anilines is 2. The first-order valence-electron chi connectivity index (χ1n) is 9.33. The summed E-state index contributed by atoms with van der Waals surface area (Å²) in [7, 11) is 0. The first kappa shape index (κ1) is 18.6. The van der Waals surface area contributed by atoms with Gasteiger partial charge in [-0.2, -0.15) is 0 Å². The van der Waals surface area contributed by atoms with Crippen LogP contribution >= 0.6 is 11.8 Å². The molecule has 0 unspecified atom stereocenters. The average Bonchev–Trinajstić information content (AvgIpc) is 3.13. The van der Waals surface area contributed by atoms with Gasteiger partial charge >= 0.3 is 0 Å². The van der Waals surface area contributed by atoms with Crippen LogP contribution < -0.4 is 15.5 Å². The van der Waals surface area contributed by atoms with Crippen LogP contribution in [0.3, 0.4) is 0 Å². The minimum atomic E-state index is -0.432. The van der Waals surface area contributed by atoms with Crippen LogP contribution in [-0.4, -0.2) is 29.5 Å². The van der Waals surface area contributed by atoms with Crippen LogP contribution in [0.5, 0.6) is 0 Å². The summed E-state index contributed by atoms with van der Waals surface area (Å²) in [4.78, 5) is 39.1. The van der Waals surface area contributed by atoms with E-state index < -0.39 is 5.25 Å². The molecule has 1 fully saturated rings. The first-order chi connectivity index (χ1) is 13.6. The fourth-order valence-corrected chi connectivity index (χ4v) is 4.49. The van der Waals surface area contributed by atoms with E-state index in [1.165, 1.54) is 11.8 Å². The van der Waals surface area contributed by atoms with Gasteiger partial charge in [0, 0.05) is 36.5 Å². The first-order valence-corrected chi connectivity index (χ1v) is 10.2. The molecular weight excluding hydrogens is 374 g/mol. The van der Waals surface area contributed by atoms with E-state index in [0.29, 0.717) is 13.0 Å². The number of nitrogens with zero attached hydrogens (tertiary/aromatic N) is 1. The number of para-hydroxylation sites is 1. The van der Waals surface area contributed by atoms with Crippen LogP contribution in [0.15, 0.2) is 53.4 Å². The maximum atomic E-state index is 12.3. The van der Waals surface area contributed by atoms with Gasteiger partial charge in [-0.3, -0.25) is 14.4 Å². The Kier molecular flexibility index (Phi) is 5.34. The van der Waals surface area contributed by atoms with Crippen LogP contribution in [0.2, 0.25) is 0 Å². The van der Waals surface area contributed by atoms with Crippen molar-refractivity contribution in [3.8, 4) is 0 Å². The van der Waals surface area contributed by atoms with E-state index in [2.05, 4.69) is 10.6 Å². The highest BCUT2D eigenvalue weighted by Gasteiger charge is 2.28. The van der Waals surface area contributed by atoms with Crippen molar-refractivity contribution in [1.82, 2.24) is 5.32 Å². The van der Waals surface area contributed by atoms with Crippen LogP contribution in [0.1, 0.15) is 24.8 Å². The predicted molar refractivity (Wildman–Crippen MR) is 109 cm³/mol. The Morgan fingerprint density at radius 2 is 1.93 bits per heavy atom. The number of carbonyl (C=O) groups excluding carboxylic acids is 3. The van der Waals surface area contributed by atoms with Crippen LogP contribution in [0.25, 0.3) is 0 Å². The van der Waals surface area contributed by atoms with Gasteiger partial charge in [0.2, 0.25) is 17.7 Å². The van der Waals surface area contributed by atoms with Crippen molar-refractivity contribution < 1.29 is 14.4 Å². The smallest absolute Gasteiger partial charge is 0.238 e. The Hall–Kier alpha value is -2.80. The molecule has 0 bridgehead atoms. The highest BCUT2D eigenvalue weighted by atomic mass is 32.2. The molecule has 3 amide bonds. The monoisotopic (exact) mass is 395 g/mol. The third-order valence-electron chi connectivity index (χ3n) is 4.89. The molecule has 1 atom stereocenters. The third-order valence-corrected chi connectivity index (χ3v) is 6.16. The molecule has 2 heterocycles. The van der Waals surface area contributed by atoms with E-state index >= 15 is 0 Å². The second kappa shape index (κ2) is 8.06. The lowest BCUT2D eigenvalue weighted by atomic mass is 10.2. The van der Waals surface area contributed by atoms with E-state index in [1.54, 1.807) is 4.90 Å². The van der Waals surface area contributed by atoms with Gasteiger partial charge in [-0.1, -0.05) is 24.3 Å². The molecule has 0 aliphatic carbocycles. The standard InChI is InChI=1S/C21H21N3O3S/c25-19(12-18-21(27)23-16-4-1-2-5-17(16)28-18)22-13-14-7-9-15(10-8-14)24-11-3-6-20(24)26/h1-2,4-5,7-10,18H,3,6,11-13H2,(H,22,25)(H,23,27)/t18-/m1/s1. The molecule has 144 valence electrons. The molecule has 0 radical (unpaired) electrons. The summed E-state index contributed by atoms with van der Waals surface area (Å²) in [6, 6.07) is 15.2. The lowest BCUT2D eigenvalue weighted by Crippen LogP contribution is -2.34. The number of nitrogens with one attached hydrogen (secondary N) is 2. The zero-order chi connectivity index (χ0) is 19.5. The Morgan fingerprint density at radius 1 is 1.14 bits per heavy atom. The number of hydrogen-bond donors (Lipinski definition) is 2. The summed E-state index contributed by atoms with van der Waals surface area (Å²) in [6.07, 6.45) is 1.63. The van der Waals surface area contributed by atoms with Gasteiger partial charge in [-0.25, -0.2) is 0 Å². The largest absolute Gasteiger partial charge is 0.352 e. The Balaban J connectivity index is 1.30. The summed E-state index contributed by atoms with van der Waals surface area (Å²) in [5, 5.41) is 5.30. The summed E-state index contributed by atoms with van der Waals surface area (Å²) in [6.45, 7) is 1.15. The number of carbonyl (C=O) groups is 3. The SMILES string of the molecule is O=C(C[C@H]1Sc2ccccc2NC1=O)NCc1ccc(N2CCCC2=O)cc1. The number of hydrogen-bond acceptors (Lipinski definition) is 4. The third kappa shape index (κ3) is 4.04. The second-order valence-electron chi connectivity index (χ2n) is 6.89. The average molecular weight is 395 g/mol. The van der Waals surface area contributed by atoms with Gasteiger partial charge in [0.1, 0.15) is 0 Å². The van der Waals surface area contributed by atoms with Gasteiger partial charge in [-0.15, -0.1) is 11.8 Å². The van der Waals surface area contributed by atoms with Crippen molar-refractivity contribution in [2.24, 2.45) is 0 Å². The molecule has 2 aliphatic heterocycles. The maximum Gasteiger partial charge on any atom is 0.238 e. The molecule has 2 aromatic rings. The van der Waals surface area contributed by atoms with Gasteiger partial charge in [0.25, 0.3) is 0 Å². The van der Waals surface area contributed by atoms with Crippen molar-refractivity contribution in [3.05, 3.63) is 54.1 Å². The minimum absolute atomic E-state index is 0.130. The summed E-state index contributed by atoms with van der Waals surface area (Å²) >= 11 is 1.42. The molecule has 0 spiro atoms. The van der Waals surface area contributed by atoms with Crippen molar-refractivity contribution in [2.75, 3.05) is 16.8 Å². The van der Waals surface area contributed by atoms with E-state index in [1.807, 2.05) is 48.5 Å². The van der Waals surface area contributed by atoms with E-state index in [-0.39, 0.29) is 24.1 Å². The number of benzene rings is 2. The zero-order valence-electron chi connectivity index (χ0n) is 15.3. The minimum Gasteiger partial charge on any atom is -0.352 e. The second-order valence-corrected chi connectivity index (χ2v) is 8.13. The molecular formula is C21H21N3O3S. The fraction of sp³-hybridized carbons (Fsp3) is 0.286. The Morgan fingerprint density at radius 3 is 2.68 bits per heavy atom. The van der Waals surface area contributed by atoms with Crippen molar-refractivity contribution in [1.29, 1.82) is 0 Å². The molecule has 4 rings (SSSR count). The van der Waals surface area contributed by atoms with Crippen molar-refractivity contribution >= 4 is 40.9 Å². The number of rotatable bonds is 5. The van der Waals surface area contributed by atoms with Crippen LogP contribution in [0.4, 0.5) is 11.4 Å². The highest BCUT2D eigenvalue weighted by molar-refractivity contribution is 8.01. The maximum absolute atomic E-state index is 12.3. The topological polar surface area (TPSA) is 78.5 Å². The quantitative estimate of drug-likeness (QED) is 0.816. The number of fused-ring (bicyclic) bond motifs is 1. The predicted octanol–water partition coefficient (Wildman–Crippen LogP) is 2.93. The van der Waals surface area contributed by atoms with Gasteiger partial charge in [-0.05, 0) is 36.2 Å². The van der Waals surface area contributed by atoms with E-state index in [9.17, 15) is 14.4 Å². The summed E-state index contributed by atoms with van der Waals surface area (Å²) in [5.41, 5.74) is 2.65. The highest BCUT2D eigenvalue weighted by Crippen LogP contribution is 2.36. The van der Waals surface area contributed by atoms with Crippen molar-refractivity contribution in [3.63, 3.8) is 0 Å². The molecule has 0 aromatic heterocycles. The molecule has 2 N–H and O–H groups in total. The Labute approximate surface area is 167 Å². The van der Waals surface area contributed by atoms with Gasteiger partial charge in [0.05, 0.1) is 10.9 Å². The molecule has 1 saturated heterocycles. The van der Waals surface area contributed by atoms with Crippen LogP contribution in [-0.2, 0) is 20.9 Å². The lowest BCUT2D eigenvalue weighted by molar-refractivity contribution is -0.124. The summed E-state index contributed by atoms with van der Waals surface area (Å²) in [5.74, 6) is -0.143.